The predicted molar refractivity (Wildman–Crippen MR) is 64.4 cm³/mol. The van der Waals surface area contributed by atoms with E-state index in [2.05, 4.69) is 10.1 Å². The largest absolute Gasteiger partial charge is 0.339 e. The number of benzene rings is 1. The molecule has 2 N–H and O–H groups in total. The first-order chi connectivity index (χ1) is 7.70. The molecule has 0 aliphatic rings. The van der Waals surface area contributed by atoms with E-state index in [0.29, 0.717) is 35.8 Å². The Hall–Kier alpha value is -1.46. The van der Waals surface area contributed by atoms with E-state index < -0.39 is 0 Å². The van der Waals surface area contributed by atoms with Crippen molar-refractivity contribution in [2.45, 2.75) is 13.3 Å². The van der Waals surface area contributed by atoms with Gasteiger partial charge in [0.15, 0.2) is 0 Å². The third-order valence-corrected chi connectivity index (χ3v) is 2.26. The fourth-order valence-corrected chi connectivity index (χ4v) is 1.33. The molecule has 17 heavy (non-hydrogen) atoms. The molecule has 92 valence electrons. The zero-order valence-corrected chi connectivity index (χ0v) is 10.1. The molecule has 1 aromatic heterocycles. The van der Waals surface area contributed by atoms with Crippen LogP contribution < -0.4 is 5.73 Å². The maximum atomic E-state index is 13.3. The molecule has 0 aliphatic heterocycles. The van der Waals surface area contributed by atoms with Gasteiger partial charge in [0.1, 0.15) is 5.82 Å². The lowest BCUT2D eigenvalue weighted by Crippen LogP contribution is -2.02. The van der Waals surface area contributed by atoms with E-state index >= 15 is 0 Å². The molecule has 4 nitrogen and oxygen atoms in total. The van der Waals surface area contributed by atoms with E-state index in [1.165, 1.54) is 6.07 Å². The van der Waals surface area contributed by atoms with E-state index in [0.717, 1.165) is 0 Å². The highest BCUT2D eigenvalue weighted by molar-refractivity contribution is 5.85. The first kappa shape index (κ1) is 13.6. The normalized spacial score (nSPS) is 10.1. The zero-order chi connectivity index (χ0) is 11.5. The number of hydrogen-bond acceptors (Lipinski definition) is 4. The van der Waals surface area contributed by atoms with Crippen LogP contribution in [0.3, 0.4) is 0 Å². The Morgan fingerprint density at radius 2 is 2.18 bits per heavy atom. The lowest BCUT2D eigenvalue weighted by molar-refractivity contribution is 0.380. The van der Waals surface area contributed by atoms with Crippen LogP contribution in [0.15, 0.2) is 22.7 Å². The van der Waals surface area contributed by atoms with Gasteiger partial charge in [-0.25, -0.2) is 4.39 Å². The monoisotopic (exact) mass is 257 g/mol. The molecule has 0 saturated carbocycles. The summed E-state index contributed by atoms with van der Waals surface area (Å²) in [7, 11) is 0. The van der Waals surface area contributed by atoms with Gasteiger partial charge in [-0.2, -0.15) is 4.98 Å². The molecule has 0 spiro atoms. The molecule has 0 radical (unpaired) electrons. The summed E-state index contributed by atoms with van der Waals surface area (Å²) in [6, 6.07) is 4.84. The molecular weight excluding hydrogens is 245 g/mol. The molecule has 0 bridgehead atoms. The maximum Gasteiger partial charge on any atom is 0.228 e. The van der Waals surface area contributed by atoms with E-state index in [4.69, 9.17) is 10.3 Å². The van der Waals surface area contributed by atoms with Crippen molar-refractivity contribution in [3.05, 3.63) is 35.5 Å². The highest BCUT2D eigenvalue weighted by atomic mass is 35.5. The van der Waals surface area contributed by atoms with Crippen LogP contribution in [0.2, 0.25) is 0 Å². The lowest BCUT2D eigenvalue weighted by Gasteiger charge is -1.97. The summed E-state index contributed by atoms with van der Waals surface area (Å²) in [5.41, 5.74) is 6.56. The summed E-state index contributed by atoms with van der Waals surface area (Å²) >= 11 is 0. The number of nitrogens with zero attached hydrogens (tertiary/aromatic N) is 2. The fraction of sp³-hybridized carbons (Fsp3) is 0.273. The summed E-state index contributed by atoms with van der Waals surface area (Å²) in [4.78, 5) is 4.12. The first-order valence-corrected chi connectivity index (χ1v) is 5.00. The van der Waals surface area contributed by atoms with Crippen molar-refractivity contribution < 1.29 is 8.91 Å². The highest BCUT2D eigenvalue weighted by Crippen LogP contribution is 2.18. The second kappa shape index (κ2) is 5.75. The molecule has 2 aromatic rings. The van der Waals surface area contributed by atoms with Crippen molar-refractivity contribution in [1.82, 2.24) is 10.1 Å². The number of aromatic nitrogens is 2. The molecule has 6 heteroatoms. The van der Waals surface area contributed by atoms with Crippen molar-refractivity contribution in [2.24, 2.45) is 5.73 Å². The number of nitrogens with two attached hydrogens (primary N) is 1. The van der Waals surface area contributed by atoms with Gasteiger partial charge in [0, 0.05) is 18.5 Å². The molecule has 0 unspecified atom stereocenters. The lowest BCUT2D eigenvalue weighted by atomic mass is 10.1. The molecular formula is C11H13ClFN3O. The van der Waals surface area contributed by atoms with E-state index in [1.807, 2.05) is 0 Å². The number of aryl methyl sites for hydroxylation is 1. The Morgan fingerprint density at radius 1 is 1.41 bits per heavy atom. The van der Waals surface area contributed by atoms with Gasteiger partial charge in [0.25, 0.3) is 0 Å². The molecule has 1 heterocycles. The number of halogens is 2. The predicted octanol–water partition coefficient (Wildman–Crippen LogP) is 2.11. The van der Waals surface area contributed by atoms with Gasteiger partial charge in [0.2, 0.25) is 11.7 Å². The van der Waals surface area contributed by atoms with Gasteiger partial charge in [0.05, 0.1) is 0 Å². The topological polar surface area (TPSA) is 64.9 Å². The standard InChI is InChI=1S/C11H12FN3O.ClH/c1-7-2-3-8(6-9(7)12)11-14-10(4-5-13)16-15-11;/h2-3,6H,4-5,13H2,1H3;1H. The van der Waals surface area contributed by atoms with Gasteiger partial charge >= 0.3 is 0 Å². The molecule has 0 atom stereocenters. The minimum Gasteiger partial charge on any atom is -0.339 e. The Balaban J connectivity index is 0.00000144. The smallest absolute Gasteiger partial charge is 0.228 e. The van der Waals surface area contributed by atoms with Gasteiger partial charge in [-0.1, -0.05) is 17.3 Å². The Bertz CT molecular complexity index is 501. The van der Waals surface area contributed by atoms with E-state index in [1.54, 1.807) is 19.1 Å². The third kappa shape index (κ3) is 3.01. The van der Waals surface area contributed by atoms with Crippen molar-refractivity contribution in [3.8, 4) is 11.4 Å². The highest BCUT2D eigenvalue weighted by Gasteiger charge is 2.09. The van der Waals surface area contributed by atoms with Crippen LogP contribution in [-0.4, -0.2) is 16.7 Å². The van der Waals surface area contributed by atoms with Crippen LogP contribution in [0.1, 0.15) is 11.5 Å². The van der Waals surface area contributed by atoms with Gasteiger partial charge < -0.3 is 10.3 Å². The number of rotatable bonds is 3. The quantitative estimate of drug-likeness (QED) is 0.915. The summed E-state index contributed by atoms with van der Waals surface area (Å²) in [6.07, 6.45) is 0.529. The fourth-order valence-electron chi connectivity index (χ4n) is 1.33. The summed E-state index contributed by atoms with van der Waals surface area (Å²) in [5, 5.41) is 3.77. The van der Waals surface area contributed by atoms with Gasteiger partial charge in [-0.3, -0.25) is 0 Å². The van der Waals surface area contributed by atoms with Crippen LogP contribution in [0.25, 0.3) is 11.4 Å². The molecule has 0 fully saturated rings. The molecule has 0 amide bonds. The van der Waals surface area contributed by atoms with Crippen LogP contribution in [-0.2, 0) is 6.42 Å². The van der Waals surface area contributed by atoms with Crippen molar-refractivity contribution >= 4 is 12.4 Å². The van der Waals surface area contributed by atoms with Gasteiger partial charge in [-0.05, 0) is 18.6 Å². The average molecular weight is 258 g/mol. The maximum absolute atomic E-state index is 13.3. The second-order valence-electron chi connectivity index (χ2n) is 3.51. The SMILES string of the molecule is Cc1ccc(-c2noc(CCN)n2)cc1F.Cl. The van der Waals surface area contributed by atoms with Crippen LogP contribution in [0.5, 0.6) is 0 Å². The summed E-state index contributed by atoms with van der Waals surface area (Å²) in [5.74, 6) is 0.587. The summed E-state index contributed by atoms with van der Waals surface area (Å²) in [6.45, 7) is 2.15. The van der Waals surface area contributed by atoms with Crippen LogP contribution in [0.4, 0.5) is 4.39 Å². The van der Waals surface area contributed by atoms with Crippen molar-refractivity contribution in [1.29, 1.82) is 0 Å². The Morgan fingerprint density at radius 3 is 2.82 bits per heavy atom. The second-order valence-corrected chi connectivity index (χ2v) is 3.51. The third-order valence-electron chi connectivity index (χ3n) is 2.26. The zero-order valence-electron chi connectivity index (χ0n) is 9.31. The molecule has 0 saturated heterocycles. The minimum atomic E-state index is -0.275. The van der Waals surface area contributed by atoms with Crippen molar-refractivity contribution in [3.63, 3.8) is 0 Å². The summed E-state index contributed by atoms with van der Waals surface area (Å²) < 4.78 is 18.3. The molecule has 2 rings (SSSR count). The Labute approximate surface area is 104 Å². The average Bonchev–Trinajstić information content (AvgIpc) is 2.71. The van der Waals surface area contributed by atoms with Crippen molar-refractivity contribution in [2.75, 3.05) is 6.54 Å². The van der Waals surface area contributed by atoms with Crippen LogP contribution in [0, 0.1) is 12.7 Å². The van der Waals surface area contributed by atoms with Gasteiger partial charge in [-0.15, -0.1) is 12.4 Å². The molecule has 0 aliphatic carbocycles. The van der Waals surface area contributed by atoms with E-state index in [-0.39, 0.29) is 18.2 Å². The molecule has 1 aromatic carbocycles. The van der Waals surface area contributed by atoms with E-state index in [9.17, 15) is 4.39 Å². The Kier molecular flexibility index (Phi) is 4.60. The number of hydrogen-bond donors (Lipinski definition) is 1. The van der Waals surface area contributed by atoms with Crippen LogP contribution >= 0.6 is 12.4 Å². The first-order valence-electron chi connectivity index (χ1n) is 5.00. The minimum absolute atomic E-state index is 0.